The smallest absolute Gasteiger partial charge is 0.264 e. The molecule has 272 valence electrons. The topological polar surface area (TPSA) is 104 Å². The van der Waals surface area contributed by atoms with Crippen LogP contribution >= 0.6 is 0 Å². The van der Waals surface area contributed by atoms with Crippen molar-refractivity contribution in [2.75, 3.05) is 45.8 Å². The molecule has 4 aromatic rings. The number of benzene rings is 2. The van der Waals surface area contributed by atoms with E-state index in [2.05, 4.69) is 53.0 Å². The van der Waals surface area contributed by atoms with Crippen molar-refractivity contribution in [2.45, 2.75) is 65.6 Å². The molecule has 6 rings (SSSR count). The van der Waals surface area contributed by atoms with Crippen LogP contribution in [-0.2, 0) is 24.8 Å². The number of ether oxygens (including phenoxy) is 2. The summed E-state index contributed by atoms with van der Waals surface area (Å²) in [6.45, 7) is 11.2. The number of carbonyl (C=O) groups is 1. The molecule has 1 atom stereocenters. The number of piperidine rings is 1. The Morgan fingerprint density at radius 1 is 1.08 bits per heavy atom. The normalized spacial score (nSPS) is 17.1. The lowest BCUT2D eigenvalue weighted by molar-refractivity contribution is -0.129. The summed E-state index contributed by atoms with van der Waals surface area (Å²) in [7, 11) is 7.33. The van der Waals surface area contributed by atoms with Crippen molar-refractivity contribution < 1.29 is 14.3 Å². The molecule has 1 saturated heterocycles. The van der Waals surface area contributed by atoms with Gasteiger partial charge in [-0.05, 0) is 77.9 Å². The summed E-state index contributed by atoms with van der Waals surface area (Å²) in [5.41, 5.74) is 6.35. The number of carbonyl (C=O) groups excluding carboxylic acids is 1. The van der Waals surface area contributed by atoms with Crippen molar-refractivity contribution in [3.63, 3.8) is 0 Å². The fourth-order valence-electron chi connectivity index (χ4n) is 7.91. The summed E-state index contributed by atoms with van der Waals surface area (Å²) in [6.07, 6.45) is 9.72. The van der Waals surface area contributed by atoms with Gasteiger partial charge in [-0.15, -0.1) is 0 Å². The maximum Gasteiger partial charge on any atom is 0.264 e. The first-order chi connectivity index (χ1) is 24.8. The molecule has 1 amide bonds. The van der Waals surface area contributed by atoms with E-state index in [1.165, 1.54) is 11.3 Å². The lowest BCUT2D eigenvalue weighted by Crippen LogP contribution is -2.44. The Hall–Kier alpha value is -5.14. The van der Waals surface area contributed by atoms with Crippen LogP contribution in [0.2, 0.25) is 0 Å². The van der Waals surface area contributed by atoms with E-state index in [0.29, 0.717) is 24.5 Å². The van der Waals surface area contributed by atoms with Crippen molar-refractivity contribution in [1.29, 1.82) is 5.26 Å². The van der Waals surface area contributed by atoms with Gasteiger partial charge in [0.2, 0.25) is 0 Å². The number of hydrogen-bond acceptors (Lipinski definition) is 8. The summed E-state index contributed by atoms with van der Waals surface area (Å²) in [5.74, 6) is 1.30. The SMILES string of the molecule is COc1cc(-c2cn(C)c(=O)c3cnccc23)cc(OC)c1CN1CCC(N(C)c2cccc3c2CCN(C(=O)/C(C#N)=C/C(C)(C)C)C3C)CC1. The zero-order valence-electron chi connectivity index (χ0n) is 31.7. The van der Waals surface area contributed by atoms with E-state index in [9.17, 15) is 14.9 Å². The second-order valence-electron chi connectivity index (χ2n) is 15.2. The number of methoxy groups -OCH3 is 2. The average molecular weight is 703 g/mol. The van der Waals surface area contributed by atoms with Crippen LogP contribution in [0.3, 0.4) is 0 Å². The van der Waals surface area contributed by atoms with Gasteiger partial charge in [0.25, 0.3) is 11.5 Å². The minimum atomic E-state index is -0.259. The summed E-state index contributed by atoms with van der Waals surface area (Å²) >= 11 is 0. The first-order valence-corrected chi connectivity index (χ1v) is 18.0. The third-order valence-electron chi connectivity index (χ3n) is 10.7. The summed E-state index contributed by atoms with van der Waals surface area (Å²) in [4.78, 5) is 37.2. The maximum absolute atomic E-state index is 13.5. The van der Waals surface area contributed by atoms with Crippen LogP contribution < -0.4 is 19.9 Å². The molecule has 2 aliphatic rings. The number of aromatic nitrogens is 2. The lowest BCUT2D eigenvalue weighted by atomic mass is 9.89. The van der Waals surface area contributed by atoms with Gasteiger partial charge < -0.3 is 23.8 Å². The molecule has 10 heteroatoms. The fourth-order valence-corrected chi connectivity index (χ4v) is 7.91. The van der Waals surface area contributed by atoms with Gasteiger partial charge in [-0.25, -0.2) is 0 Å². The Labute approximate surface area is 306 Å². The summed E-state index contributed by atoms with van der Waals surface area (Å²) in [5, 5.41) is 11.2. The average Bonchev–Trinajstić information content (AvgIpc) is 3.14. The predicted octanol–water partition coefficient (Wildman–Crippen LogP) is 6.66. The lowest BCUT2D eigenvalue weighted by Gasteiger charge is -2.41. The first-order valence-electron chi connectivity index (χ1n) is 18.0. The van der Waals surface area contributed by atoms with Crippen LogP contribution in [0.4, 0.5) is 5.69 Å². The number of hydrogen-bond donors (Lipinski definition) is 0. The van der Waals surface area contributed by atoms with Gasteiger partial charge in [0.15, 0.2) is 0 Å². The van der Waals surface area contributed by atoms with E-state index in [4.69, 9.17) is 9.47 Å². The van der Waals surface area contributed by atoms with E-state index in [1.54, 1.807) is 44.3 Å². The number of allylic oxidation sites excluding steroid dienone is 1. The molecular weight excluding hydrogens is 652 g/mol. The van der Waals surface area contributed by atoms with Gasteiger partial charge >= 0.3 is 0 Å². The van der Waals surface area contributed by atoms with Crippen molar-refractivity contribution in [3.8, 4) is 28.7 Å². The van der Waals surface area contributed by atoms with Gasteiger partial charge in [0, 0.05) is 76.2 Å². The molecular formula is C42H50N6O4. The van der Waals surface area contributed by atoms with Gasteiger partial charge in [-0.3, -0.25) is 19.5 Å². The van der Waals surface area contributed by atoms with Crippen LogP contribution in [0, 0.1) is 16.7 Å². The molecule has 0 bridgehead atoms. The number of rotatable bonds is 8. The van der Waals surface area contributed by atoms with E-state index >= 15 is 0 Å². The molecule has 2 aliphatic heterocycles. The quantitative estimate of drug-likeness (QED) is 0.148. The van der Waals surface area contributed by atoms with E-state index < -0.39 is 0 Å². The van der Waals surface area contributed by atoms with Crippen molar-refractivity contribution in [1.82, 2.24) is 19.4 Å². The molecule has 0 N–H and O–H groups in total. The second-order valence-corrected chi connectivity index (χ2v) is 15.2. The van der Waals surface area contributed by atoms with Crippen LogP contribution in [-0.4, -0.2) is 72.2 Å². The Morgan fingerprint density at radius 2 is 1.77 bits per heavy atom. The van der Waals surface area contributed by atoms with Gasteiger partial charge in [-0.1, -0.05) is 39.0 Å². The predicted molar refractivity (Wildman–Crippen MR) is 206 cm³/mol. The molecule has 2 aromatic carbocycles. The molecule has 1 unspecified atom stereocenters. The molecule has 1 fully saturated rings. The highest BCUT2D eigenvalue weighted by Crippen LogP contribution is 2.40. The Kier molecular flexibility index (Phi) is 10.5. The first kappa shape index (κ1) is 36.6. The van der Waals surface area contributed by atoms with Gasteiger partial charge in [-0.2, -0.15) is 5.26 Å². The Morgan fingerprint density at radius 3 is 2.40 bits per heavy atom. The number of anilines is 1. The fraction of sp³-hybridized carbons (Fsp3) is 0.429. The van der Waals surface area contributed by atoms with E-state index in [1.807, 2.05) is 50.1 Å². The van der Waals surface area contributed by atoms with Crippen molar-refractivity contribution in [2.24, 2.45) is 12.5 Å². The monoisotopic (exact) mass is 702 g/mol. The number of nitriles is 1. The van der Waals surface area contributed by atoms with Crippen molar-refractivity contribution in [3.05, 3.63) is 93.7 Å². The number of likely N-dealkylation sites (tertiary alicyclic amines) is 1. The Balaban J connectivity index is 1.17. The molecule has 10 nitrogen and oxygen atoms in total. The molecule has 2 aromatic heterocycles. The highest BCUT2D eigenvalue weighted by atomic mass is 16.5. The third-order valence-corrected chi connectivity index (χ3v) is 10.7. The summed E-state index contributed by atoms with van der Waals surface area (Å²) in [6, 6.07) is 14.8. The molecule has 4 heterocycles. The van der Waals surface area contributed by atoms with Crippen LogP contribution in [0.25, 0.3) is 21.9 Å². The third kappa shape index (κ3) is 7.15. The molecule has 0 saturated carbocycles. The molecule has 52 heavy (non-hydrogen) atoms. The van der Waals surface area contributed by atoms with Crippen LogP contribution in [0.15, 0.2) is 71.4 Å². The molecule has 0 aliphatic carbocycles. The minimum absolute atomic E-state index is 0.0869. The van der Waals surface area contributed by atoms with E-state index in [0.717, 1.165) is 71.5 Å². The molecule has 0 spiro atoms. The van der Waals surface area contributed by atoms with Crippen LogP contribution in [0.5, 0.6) is 11.5 Å². The second kappa shape index (κ2) is 14.8. The zero-order chi connectivity index (χ0) is 37.3. The highest BCUT2D eigenvalue weighted by Gasteiger charge is 2.33. The minimum Gasteiger partial charge on any atom is -0.496 e. The van der Waals surface area contributed by atoms with Crippen LogP contribution in [0.1, 0.15) is 63.3 Å². The number of amides is 1. The van der Waals surface area contributed by atoms with Crippen molar-refractivity contribution >= 4 is 22.4 Å². The standard InChI is InChI=1S/C42H50N6O4/c1-27-31-10-9-11-37(33(31)15-19-48(27)40(49)29(23-43)22-42(2,3)4)46(6)30-13-17-47(18-14-30)26-36-38(51-7)20-28(21-39(36)52-8)35-25-45(5)41(50)34-24-44-16-12-32(34)35/h9-12,16,20-22,24-25,27,30H,13-15,17-19,26H2,1-8H3/b29-22+. The van der Waals surface area contributed by atoms with Gasteiger partial charge in [0.05, 0.1) is 31.2 Å². The number of fused-ring (bicyclic) bond motifs is 2. The zero-order valence-corrected chi connectivity index (χ0v) is 31.7. The number of aryl methyl sites for hydroxylation is 1. The molecule has 0 radical (unpaired) electrons. The number of nitrogens with zero attached hydrogens (tertiary/aromatic N) is 6. The number of pyridine rings is 2. The highest BCUT2D eigenvalue weighted by molar-refractivity contribution is 5.98. The maximum atomic E-state index is 13.5. The summed E-state index contributed by atoms with van der Waals surface area (Å²) < 4.78 is 13.5. The van der Waals surface area contributed by atoms with Gasteiger partial charge in [0.1, 0.15) is 23.1 Å². The van der Waals surface area contributed by atoms with E-state index in [-0.39, 0.29) is 28.5 Å². The largest absolute Gasteiger partial charge is 0.496 e. The Bertz CT molecular complexity index is 2090.